The summed E-state index contributed by atoms with van der Waals surface area (Å²) in [5, 5.41) is 0. The highest BCUT2D eigenvalue weighted by Gasteiger charge is 2.24. The third-order valence-corrected chi connectivity index (χ3v) is 3.97. The Morgan fingerprint density at radius 2 is 1.74 bits per heavy atom. The molecule has 1 aliphatic heterocycles. The molecule has 0 spiro atoms. The highest BCUT2D eigenvalue weighted by molar-refractivity contribution is 7.86. The van der Waals surface area contributed by atoms with Gasteiger partial charge in [0.15, 0.2) is 0 Å². The van der Waals surface area contributed by atoms with Gasteiger partial charge in [0.25, 0.3) is 0 Å². The molecule has 0 radical (unpaired) electrons. The number of benzene rings is 1. The van der Waals surface area contributed by atoms with Crippen LogP contribution in [0.2, 0.25) is 0 Å². The summed E-state index contributed by atoms with van der Waals surface area (Å²) in [7, 11) is -4.07. The van der Waals surface area contributed by atoms with E-state index in [0.29, 0.717) is 13.1 Å². The smallest absolute Gasteiger partial charge is 0.306 e. The lowest BCUT2D eigenvalue weighted by atomic mass is 10.2. The van der Waals surface area contributed by atoms with Crippen molar-refractivity contribution in [2.45, 2.75) is 24.7 Å². The molecule has 104 valence electrons. The fourth-order valence-electron chi connectivity index (χ4n) is 1.77. The van der Waals surface area contributed by atoms with Crippen LogP contribution in [0.4, 0.5) is 4.79 Å². The summed E-state index contributed by atoms with van der Waals surface area (Å²) in [6.07, 6.45) is 1.01. The average Bonchev–Trinajstić information content (AvgIpc) is 2.90. The minimum atomic E-state index is -4.07. The lowest BCUT2D eigenvalue weighted by molar-refractivity contribution is -0.147. The molecule has 2 rings (SSSR count). The number of aryl methyl sites for hydroxylation is 1. The second-order valence-electron chi connectivity index (χ2n) is 4.38. The van der Waals surface area contributed by atoms with Gasteiger partial charge in [0.05, 0.1) is 4.90 Å². The van der Waals surface area contributed by atoms with E-state index in [9.17, 15) is 13.2 Å². The Morgan fingerprint density at radius 1 is 1.16 bits per heavy atom. The molecule has 1 saturated heterocycles. The topological polar surface area (TPSA) is 72.9 Å². The lowest BCUT2D eigenvalue weighted by Crippen LogP contribution is -2.29. The van der Waals surface area contributed by atoms with Crippen molar-refractivity contribution in [3.8, 4) is 0 Å². The Bertz CT molecular complexity index is 546. The quantitative estimate of drug-likeness (QED) is 0.626. The maximum absolute atomic E-state index is 11.7. The van der Waals surface area contributed by atoms with Gasteiger partial charge in [-0.3, -0.25) is 4.89 Å². The molecule has 6 nitrogen and oxygen atoms in total. The van der Waals surface area contributed by atoms with E-state index in [2.05, 4.69) is 9.22 Å². The predicted molar refractivity (Wildman–Crippen MR) is 66.7 cm³/mol. The van der Waals surface area contributed by atoms with E-state index in [4.69, 9.17) is 0 Å². The Morgan fingerprint density at radius 3 is 2.32 bits per heavy atom. The van der Waals surface area contributed by atoms with Gasteiger partial charge in [-0.2, -0.15) is 8.42 Å². The van der Waals surface area contributed by atoms with Crippen molar-refractivity contribution in [1.29, 1.82) is 0 Å². The normalized spacial score (nSPS) is 15.5. The number of carbonyl (C=O) groups excluding carboxylic acids is 1. The molecule has 1 amide bonds. The van der Waals surface area contributed by atoms with Crippen LogP contribution in [0.15, 0.2) is 29.2 Å². The maximum atomic E-state index is 11.7. The summed E-state index contributed by atoms with van der Waals surface area (Å²) in [5.41, 5.74) is 0.924. The fraction of sp³-hybridized carbons (Fsp3) is 0.417. The first-order chi connectivity index (χ1) is 8.99. The van der Waals surface area contributed by atoms with Gasteiger partial charge in [-0.15, -0.1) is 0 Å². The zero-order chi connectivity index (χ0) is 13.9. The fourth-order valence-corrected chi connectivity index (χ4v) is 2.47. The van der Waals surface area contributed by atoms with Crippen molar-refractivity contribution in [3.63, 3.8) is 0 Å². The molecular formula is C12H15NO5S. The molecule has 1 heterocycles. The molecule has 0 bridgehead atoms. The minimum absolute atomic E-state index is 0.0488. The highest BCUT2D eigenvalue weighted by atomic mass is 32.2. The van der Waals surface area contributed by atoms with Crippen LogP contribution in [-0.2, 0) is 19.3 Å². The van der Waals surface area contributed by atoms with Crippen molar-refractivity contribution < 1.29 is 22.4 Å². The molecule has 0 saturated carbocycles. The monoisotopic (exact) mass is 285 g/mol. The molecular weight excluding hydrogens is 270 g/mol. The van der Waals surface area contributed by atoms with Gasteiger partial charge in [-0.25, -0.2) is 4.79 Å². The van der Waals surface area contributed by atoms with Gasteiger partial charge < -0.3 is 4.90 Å². The number of likely N-dealkylation sites (tertiary alicyclic amines) is 1. The SMILES string of the molecule is Cc1ccc(S(=O)(=O)OOC(=O)N2CCCC2)cc1. The Labute approximate surface area is 112 Å². The zero-order valence-corrected chi connectivity index (χ0v) is 11.4. The van der Waals surface area contributed by atoms with Crippen LogP contribution >= 0.6 is 0 Å². The molecule has 1 aromatic rings. The molecule has 0 unspecified atom stereocenters. The van der Waals surface area contributed by atoms with Crippen LogP contribution in [0.5, 0.6) is 0 Å². The van der Waals surface area contributed by atoms with Crippen molar-refractivity contribution in [2.24, 2.45) is 0 Å². The second-order valence-corrected chi connectivity index (χ2v) is 5.89. The number of rotatable bonds is 3. The van der Waals surface area contributed by atoms with Gasteiger partial charge in [0, 0.05) is 13.1 Å². The van der Waals surface area contributed by atoms with E-state index >= 15 is 0 Å². The summed E-state index contributed by atoms with van der Waals surface area (Å²) in [6, 6.07) is 6.07. The third-order valence-electron chi connectivity index (χ3n) is 2.87. The van der Waals surface area contributed by atoms with E-state index in [-0.39, 0.29) is 4.90 Å². The largest absolute Gasteiger partial charge is 0.442 e. The van der Waals surface area contributed by atoms with Crippen molar-refractivity contribution in [1.82, 2.24) is 4.90 Å². The summed E-state index contributed by atoms with van der Waals surface area (Å²) in [4.78, 5) is 17.2. The molecule has 0 N–H and O–H groups in total. The van der Waals surface area contributed by atoms with Crippen molar-refractivity contribution >= 4 is 16.2 Å². The number of hydrogen-bond acceptors (Lipinski definition) is 5. The van der Waals surface area contributed by atoms with Crippen LogP contribution in [0, 0.1) is 6.92 Å². The van der Waals surface area contributed by atoms with Gasteiger partial charge in [-0.1, -0.05) is 17.7 Å². The molecule has 7 heteroatoms. The van der Waals surface area contributed by atoms with Gasteiger partial charge in [0.2, 0.25) is 0 Å². The van der Waals surface area contributed by atoms with Crippen LogP contribution in [0.3, 0.4) is 0 Å². The molecule has 0 aliphatic carbocycles. The van der Waals surface area contributed by atoms with Gasteiger partial charge in [0.1, 0.15) is 0 Å². The first kappa shape index (κ1) is 13.8. The van der Waals surface area contributed by atoms with Crippen LogP contribution in [-0.4, -0.2) is 32.5 Å². The van der Waals surface area contributed by atoms with E-state index in [1.807, 2.05) is 6.92 Å². The zero-order valence-electron chi connectivity index (χ0n) is 10.5. The highest BCUT2D eigenvalue weighted by Crippen LogP contribution is 2.15. The first-order valence-electron chi connectivity index (χ1n) is 5.96. The van der Waals surface area contributed by atoms with Gasteiger partial charge >= 0.3 is 16.2 Å². The summed E-state index contributed by atoms with van der Waals surface area (Å²) < 4.78 is 27.8. The molecule has 1 aliphatic rings. The summed E-state index contributed by atoms with van der Waals surface area (Å²) in [5.74, 6) is 0. The Balaban J connectivity index is 1.97. The number of carbonyl (C=O) groups is 1. The van der Waals surface area contributed by atoms with Crippen LogP contribution < -0.4 is 0 Å². The molecule has 1 fully saturated rings. The molecule has 1 aromatic carbocycles. The number of amides is 1. The standard InChI is InChI=1S/C12H15NO5S/c1-10-4-6-11(7-5-10)19(15,16)18-17-12(14)13-8-2-3-9-13/h4-7H,2-3,8-9H2,1H3. The molecule has 0 atom stereocenters. The predicted octanol–water partition coefficient (Wildman–Crippen LogP) is 1.85. The average molecular weight is 285 g/mol. The molecule has 19 heavy (non-hydrogen) atoms. The molecule has 0 aromatic heterocycles. The maximum Gasteiger partial charge on any atom is 0.442 e. The van der Waals surface area contributed by atoms with Crippen molar-refractivity contribution in [2.75, 3.05) is 13.1 Å². The van der Waals surface area contributed by atoms with E-state index in [0.717, 1.165) is 18.4 Å². The van der Waals surface area contributed by atoms with E-state index in [1.165, 1.54) is 17.0 Å². The number of hydrogen-bond donors (Lipinski definition) is 0. The second kappa shape index (κ2) is 5.58. The van der Waals surface area contributed by atoms with Crippen LogP contribution in [0.25, 0.3) is 0 Å². The minimum Gasteiger partial charge on any atom is -0.306 e. The lowest BCUT2D eigenvalue weighted by Gasteiger charge is -2.13. The third kappa shape index (κ3) is 3.45. The van der Waals surface area contributed by atoms with E-state index in [1.54, 1.807) is 12.1 Å². The number of nitrogens with zero attached hydrogens (tertiary/aromatic N) is 1. The van der Waals surface area contributed by atoms with Crippen molar-refractivity contribution in [3.05, 3.63) is 29.8 Å². The van der Waals surface area contributed by atoms with Crippen LogP contribution in [0.1, 0.15) is 18.4 Å². The first-order valence-corrected chi connectivity index (χ1v) is 7.36. The summed E-state index contributed by atoms with van der Waals surface area (Å²) >= 11 is 0. The Kier molecular flexibility index (Phi) is 4.06. The summed E-state index contributed by atoms with van der Waals surface area (Å²) in [6.45, 7) is 2.96. The Hall–Kier alpha value is -1.60. The van der Waals surface area contributed by atoms with E-state index < -0.39 is 16.2 Å². The van der Waals surface area contributed by atoms with Gasteiger partial charge in [-0.05, 0) is 36.2 Å².